The Labute approximate surface area is 168 Å². The first-order valence-corrected chi connectivity index (χ1v) is 8.91. The third-order valence-corrected chi connectivity index (χ3v) is 4.79. The second-order valence-corrected chi connectivity index (χ2v) is 6.56. The molecule has 0 saturated carbocycles. The molecule has 0 saturated heterocycles. The summed E-state index contributed by atoms with van der Waals surface area (Å²) < 4.78 is 12.0. The van der Waals surface area contributed by atoms with Crippen molar-refractivity contribution in [1.29, 1.82) is 0 Å². The highest BCUT2D eigenvalue weighted by atomic mass is 35.5. The van der Waals surface area contributed by atoms with Crippen molar-refractivity contribution in [1.82, 2.24) is 15.1 Å². The van der Waals surface area contributed by atoms with Crippen LogP contribution in [-0.4, -0.2) is 29.9 Å². The molecule has 0 spiro atoms. The zero-order valence-corrected chi connectivity index (χ0v) is 16.6. The summed E-state index contributed by atoms with van der Waals surface area (Å²) in [7, 11) is 3.15. The average Bonchev–Trinajstić information content (AvgIpc) is 3.09. The van der Waals surface area contributed by atoms with Gasteiger partial charge in [-0.15, -0.1) is 0 Å². The lowest BCUT2D eigenvalue weighted by Crippen LogP contribution is -2.23. The van der Waals surface area contributed by atoms with Gasteiger partial charge in [-0.05, 0) is 42.8 Å². The van der Waals surface area contributed by atoms with Crippen LogP contribution in [0.25, 0.3) is 5.69 Å². The molecule has 28 heavy (non-hydrogen) atoms. The van der Waals surface area contributed by atoms with Gasteiger partial charge in [0, 0.05) is 17.1 Å². The zero-order chi connectivity index (χ0) is 20.3. The maximum Gasteiger partial charge on any atom is 0.256 e. The molecule has 1 amide bonds. The number of ether oxygens (including phenoxy) is 2. The van der Waals surface area contributed by atoms with E-state index < -0.39 is 0 Å². The molecule has 2 aromatic carbocycles. The minimum absolute atomic E-state index is 0.232. The Bertz CT molecular complexity index is 1020. The molecule has 0 aliphatic rings. The van der Waals surface area contributed by atoms with E-state index in [1.54, 1.807) is 38.5 Å². The fourth-order valence-corrected chi connectivity index (χ4v) is 2.92. The topological polar surface area (TPSA) is 91.4 Å². The molecular formula is C20H21ClN4O3. The summed E-state index contributed by atoms with van der Waals surface area (Å²) in [5.41, 5.74) is 8.83. The van der Waals surface area contributed by atoms with E-state index in [0.717, 1.165) is 11.1 Å². The number of anilines is 1. The third-order valence-electron chi connectivity index (χ3n) is 4.38. The lowest BCUT2D eigenvalue weighted by Gasteiger charge is -2.11. The number of benzene rings is 2. The molecule has 3 aromatic rings. The molecule has 1 heterocycles. The lowest BCUT2D eigenvalue weighted by molar-refractivity contribution is 0.0951. The number of nitrogens with two attached hydrogens (primary N) is 1. The smallest absolute Gasteiger partial charge is 0.256 e. The van der Waals surface area contributed by atoms with Crippen LogP contribution in [0.5, 0.6) is 11.5 Å². The Morgan fingerprint density at radius 2 is 2.00 bits per heavy atom. The zero-order valence-electron chi connectivity index (χ0n) is 15.8. The van der Waals surface area contributed by atoms with Crippen molar-refractivity contribution in [2.75, 3.05) is 20.0 Å². The van der Waals surface area contributed by atoms with Crippen LogP contribution in [0.3, 0.4) is 0 Å². The van der Waals surface area contributed by atoms with E-state index in [2.05, 4.69) is 10.4 Å². The molecular weight excluding hydrogens is 380 g/mol. The van der Waals surface area contributed by atoms with Crippen molar-refractivity contribution in [2.24, 2.45) is 0 Å². The number of hydrogen-bond donors (Lipinski definition) is 2. The number of nitrogens with one attached hydrogen (secondary N) is 1. The summed E-state index contributed by atoms with van der Waals surface area (Å²) in [6.45, 7) is 2.16. The number of halogens is 1. The Morgan fingerprint density at radius 3 is 2.68 bits per heavy atom. The van der Waals surface area contributed by atoms with E-state index in [1.165, 1.54) is 10.9 Å². The van der Waals surface area contributed by atoms with Crippen molar-refractivity contribution < 1.29 is 14.3 Å². The van der Waals surface area contributed by atoms with Gasteiger partial charge in [-0.3, -0.25) is 4.79 Å². The van der Waals surface area contributed by atoms with Gasteiger partial charge in [-0.1, -0.05) is 17.7 Å². The third kappa shape index (κ3) is 3.89. The first kappa shape index (κ1) is 19.6. The maximum absolute atomic E-state index is 12.6. The van der Waals surface area contributed by atoms with Gasteiger partial charge >= 0.3 is 0 Å². The van der Waals surface area contributed by atoms with Crippen molar-refractivity contribution >= 4 is 23.3 Å². The number of nitrogens with zero attached hydrogens (tertiary/aromatic N) is 2. The van der Waals surface area contributed by atoms with E-state index in [1.807, 2.05) is 19.1 Å². The number of aryl methyl sites for hydroxylation is 1. The van der Waals surface area contributed by atoms with Crippen LogP contribution in [0.15, 0.2) is 42.6 Å². The van der Waals surface area contributed by atoms with Crippen LogP contribution < -0.4 is 20.5 Å². The van der Waals surface area contributed by atoms with E-state index in [9.17, 15) is 4.79 Å². The second kappa shape index (κ2) is 8.22. The SMILES string of the molecule is COc1ccc(OC)c(CNC(=O)c2cnn(-c3ccc(C)c(Cl)c3)c2N)c1. The van der Waals surface area contributed by atoms with Gasteiger partial charge in [0.05, 0.1) is 26.1 Å². The average molecular weight is 401 g/mol. The summed E-state index contributed by atoms with van der Waals surface area (Å²) in [5, 5.41) is 7.66. The summed E-state index contributed by atoms with van der Waals surface area (Å²) >= 11 is 6.17. The van der Waals surface area contributed by atoms with E-state index >= 15 is 0 Å². The molecule has 8 heteroatoms. The van der Waals surface area contributed by atoms with Gasteiger partial charge < -0.3 is 20.5 Å². The standard InChI is InChI=1S/C20H21ClN4O3/c1-12-4-5-14(9-17(12)21)25-19(22)16(11-24-25)20(26)23-10-13-8-15(27-2)6-7-18(13)28-3/h4-9,11H,10,22H2,1-3H3,(H,23,26). The molecule has 3 N–H and O–H groups in total. The number of carbonyl (C=O) groups is 1. The first-order chi connectivity index (χ1) is 13.4. The Hall–Kier alpha value is -3.19. The van der Waals surface area contributed by atoms with Gasteiger partial charge in [0.2, 0.25) is 0 Å². The summed E-state index contributed by atoms with van der Waals surface area (Å²) in [6, 6.07) is 10.8. The minimum atomic E-state index is -0.341. The molecule has 7 nitrogen and oxygen atoms in total. The van der Waals surface area contributed by atoms with Crippen LogP contribution in [0, 0.1) is 6.92 Å². The fraction of sp³-hybridized carbons (Fsp3) is 0.200. The van der Waals surface area contributed by atoms with Gasteiger partial charge in [-0.2, -0.15) is 5.10 Å². The molecule has 0 radical (unpaired) electrons. The number of rotatable bonds is 6. The first-order valence-electron chi connectivity index (χ1n) is 8.53. The van der Waals surface area contributed by atoms with Crippen molar-refractivity contribution in [3.8, 4) is 17.2 Å². The van der Waals surface area contributed by atoms with Gasteiger partial charge in [0.1, 0.15) is 22.9 Å². The number of aromatic nitrogens is 2. The molecule has 3 rings (SSSR count). The minimum Gasteiger partial charge on any atom is -0.497 e. The largest absolute Gasteiger partial charge is 0.497 e. The Kier molecular flexibility index (Phi) is 5.75. The van der Waals surface area contributed by atoms with E-state index in [4.69, 9.17) is 26.8 Å². The quantitative estimate of drug-likeness (QED) is 0.662. The Balaban J connectivity index is 1.79. The van der Waals surface area contributed by atoms with Gasteiger partial charge in [0.15, 0.2) is 0 Å². The lowest BCUT2D eigenvalue weighted by atomic mass is 10.2. The highest BCUT2D eigenvalue weighted by Crippen LogP contribution is 2.25. The van der Waals surface area contributed by atoms with Crippen LogP contribution in [0.4, 0.5) is 5.82 Å². The van der Waals surface area contributed by atoms with Crippen molar-refractivity contribution in [3.05, 3.63) is 64.3 Å². The molecule has 146 valence electrons. The maximum atomic E-state index is 12.6. The predicted octanol–water partition coefficient (Wildman–Crippen LogP) is 3.36. The number of carbonyl (C=O) groups excluding carboxylic acids is 1. The van der Waals surface area contributed by atoms with Crippen LogP contribution >= 0.6 is 11.6 Å². The molecule has 0 aliphatic heterocycles. The summed E-state index contributed by atoms with van der Waals surface area (Å²) in [4.78, 5) is 12.6. The summed E-state index contributed by atoms with van der Waals surface area (Å²) in [6.07, 6.45) is 1.43. The van der Waals surface area contributed by atoms with Gasteiger partial charge in [0.25, 0.3) is 5.91 Å². The van der Waals surface area contributed by atoms with Crippen molar-refractivity contribution in [2.45, 2.75) is 13.5 Å². The fourth-order valence-electron chi connectivity index (χ4n) is 2.74. The van der Waals surface area contributed by atoms with E-state index in [-0.39, 0.29) is 23.8 Å². The monoisotopic (exact) mass is 400 g/mol. The number of amides is 1. The van der Waals surface area contributed by atoms with Crippen molar-refractivity contribution in [3.63, 3.8) is 0 Å². The van der Waals surface area contributed by atoms with Crippen LogP contribution in [0.2, 0.25) is 5.02 Å². The number of methoxy groups -OCH3 is 2. The molecule has 1 aromatic heterocycles. The molecule has 0 aliphatic carbocycles. The molecule has 0 bridgehead atoms. The predicted molar refractivity (Wildman–Crippen MR) is 108 cm³/mol. The van der Waals surface area contributed by atoms with E-state index in [0.29, 0.717) is 22.2 Å². The number of hydrogen-bond acceptors (Lipinski definition) is 5. The Morgan fingerprint density at radius 1 is 1.21 bits per heavy atom. The molecule has 0 atom stereocenters. The summed E-state index contributed by atoms with van der Waals surface area (Å²) in [5.74, 6) is 1.22. The molecule has 0 fully saturated rings. The number of nitrogen functional groups attached to an aromatic ring is 1. The highest BCUT2D eigenvalue weighted by Gasteiger charge is 2.17. The van der Waals surface area contributed by atoms with Crippen LogP contribution in [-0.2, 0) is 6.54 Å². The van der Waals surface area contributed by atoms with Crippen LogP contribution in [0.1, 0.15) is 21.5 Å². The second-order valence-electron chi connectivity index (χ2n) is 6.15. The highest BCUT2D eigenvalue weighted by molar-refractivity contribution is 6.31. The molecule has 0 unspecified atom stereocenters. The normalized spacial score (nSPS) is 10.6. The van der Waals surface area contributed by atoms with Gasteiger partial charge in [-0.25, -0.2) is 4.68 Å².